The van der Waals surface area contributed by atoms with E-state index in [0.717, 1.165) is 37.8 Å². The van der Waals surface area contributed by atoms with Gasteiger partial charge in [-0.3, -0.25) is 4.79 Å². The fourth-order valence-corrected chi connectivity index (χ4v) is 2.61. The second-order valence-corrected chi connectivity index (χ2v) is 5.61. The van der Waals surface area contributed by atoms with Crippen molar-refractivity contribution in [3.63, 3.8) is 0 Å². The van der Waals surface area contributed by atoms with Crippen molar-refractivity contribution in [1.82, 2.24) is 5.32 Å². The Hall–Kier alpha value is -1.49. The summed E-state index contributed by atoms with van der Waals surface area (Å²) in [6.07, 6.45) is 5.06. The van der Waals surface area contributed by atoms with Crippen molar-refractivity contribution in [3.8, 4) is 0 Å². The number of benzene rings is 1. The Morgan fingerprint density at radius 3 is 2.60 bits per heavy atom. The largest absolute Gasteiger partial charge is 0.354 e. The first-order valence-corrected chi connectivity index (χ1v) is 6.98. The summed E-state index contributed by atoms with van der Waals surface area (Å²) in [5.41, 5.74) is 6.07. The van der Waals surface area contributed by atoms with Crippen molar-refractivity contribution in [3.05, 3.63) is 35.4 Å². The molecule has 1 aliphatic carbocycles. The van der Waals surface area contributed by atoms with E-state index in [1.54, 1.807) is 0 Å². The van der Waals surface area contributed by atoms with Crippen LogP contribution in [0.3, 0.4) is 0 Å². The van der Waals surface area contributed by atoms with Crippen molar-refractivity contribution < 1.29 is 13.6 Å². The van der Waals surface area contributed by atoms with E-state index in [2.05, 4.69) is 5.32 Å². The number of nitrogens with two attached hydrogens (primary N) is 1. The maximum atomic E-state index is 13.4. The van der Waals surface area contributed by atoms with E-state index in [1.165, 1.54) is 12.5 Å². The SMILES string of the molecule is NC1(CNC(=O)Cc2ccc(F)cc2F)CCCCC1. The number of carbonyl (C=O) groups excluding carboxylic acids is 1. The molecule has 0 aromatic heterocycles. The predicted octanol–water partition coefficient (Wildman–Crippen LogP) is 2.29. The van der Waals surface area contributed by atoms with E-state index in [-0.39, 0.29) is 23.4 Å². The number of rotatable bonds is 4. The van der Waals surface area contributed by atoms with Crippen molar-refractivity contribution in [2.75, 3.05) is 6.54 Å². The number of halogens is 2. The van der Waals surface area contributed by atoms with E-state index < -0.39 is 11.6 Å². The molecule has 0 bridgehead atoms. The molecule has 0 atom stereocenters. The molecule has 5 heteroatoms. The molecule has 1 saturated carbocycles. The lowest BCUT2D eigenvalue weighted by Gasteiger charge is -2.33. The molecule has 1 aromatic carbocycles. The summed E-state index contributed by atoms with van der Waals surface area (Å²) in [5.74, 6) is -1.62. The Bertz CT molecular complexity index is 485. The molecule has 2 rings (SSSR count). The molecule has 0 saturated heterocycles. The third-order valence-corrected chi connectivity index (χ3v) is 3.85. The maximum absolute atomic E-state index is 13.4. The summed E-state index contributed by atoms with van der Waals surface area (Å²) in [4.78, 5) is 11.8. The number of hydrogen-bond acceptors (Lipinski definition) is 2. The molecule has 3 nitrogen and oxygen atoms in total. The van der Waals surface area contributed by atoms with Crippen molar-refractivity contribution in [1.29, 1.82) is 0 Å². The van der Waals surface area contributed by atoms with Gasteiger partial charge in [-0.1, -0.05) is 25.3 Å². The van der Waals surface area contributed by atoms with Crippen LogP contribution in [-0.2, 0) is 11.2 Å². The van der Waals surface area contributed by atoms with Gasteiger partial charge in [0.25, 0.3) is 0 Å². The number of amides is 1. The Balaban J connectivity index is 1.86. The van der Waals surface area contributed by atoms with Gasteiger partial charge >= 0.3 is 0 Å². The Morgan fingerprint density at radius 2 is 1.95 bits per heavy atom. The minimum atomic E-state index is -0.694. The van der Waals surface area contributed by atoms with Gasteiger partial charge in [0.05, 0.1) is 6.42 Å². The van der Waals surface area contributed by atoms with Crippen molar-refractivity contribution in [2.45, 2.75) is 44.1 Å². The van der Waals surface area contributed by atoms with Gasteiger partial charge in [-0.2, -0.15) is 0 Å². The lowest BCUT2D eigenvalue weighted by molar-refractivity contribution is -0.120. The summed E-state index contributed by atoms with van der Waals surface area (Å²) in [7, 11) is 0. The fourth-order valence-electron chi connectivity index (χ4n) is 2.61. The standard InChI is InChI=1S/C15H20F2N2O/c16-12-5-4-11(13(17)9-12)8-14(20)19-10-15(18)6-2-1-3-7-15/h4-5,9H,1-3,6-8,10,18H2,(H,19,20). The lowest BCUT2D eigenvalue weighted by Crippen LogP contribution is -2.51. The highest BCUT2D eigenvalue weighted by Crippen LogP contribution is 2.25. The van der Waals surface area contributed by atoms with Crippen LogP contribution in [-0.4, -0.2) is 18.0 Å². The van der Waals surface area contributed by atoms with Gasteiger partial charge in [-0.15, -0.1) is 0 Å². The van der Waals surface area contributed by atoms with Crippen LogP contribution in [0.2, 0.25) is 0 Å². The van der Waals surface area contributed by atoms with E-state index in [9.17, 15) is 13.6 Å². The molecule has 3 N–H and O–H groups in total. The van der Waals surface area contributed by atoms with E-state index in [1.807, 2.05) is 0 Å². The van der Waals surface area contributed by atoms with Crippen LogP contribution in [0.4, 0.5) is 8.78 Å². The molecule has 0 spiro atoms. The summed E-state index contributed by atoms with van der Waals surface area (Å²) in [5, 5.41) is 2.76. The fraction of sp³-hybridized carbons (Fsp3) is 0.533. The third-order valence-electron chi connectivity index (χ3n) is 3.85. The van der Waals surface area contributed by atoms with Gasteiger partial charge in [0.1, 0.15) is 11.6 Å². The predicted molar refractivity (Wildman–Crippen MR) is 73.1 cm³/mol. The van der Waals surface area contributed by atoms with Crippen LogP contribution in [0.15, 0.2) is 18.2 Å². The molecule has 0 heterocycles. The zero-order valence-corrected chi connectivity index (χ0v) is 11.4. The van der Waals surface area contributed by atoms with Crippen molar-refractivity contribution in [2.24, 2.45) is 5.73 Å². The first kappa shape index (κ1) is 14.9. The minimum Gasteiger partial charge on any atom is -0.354 e. The van der Waals surface area contributed by atoms with E-state index in [0.29, 0.717) is 6.54 Å². The van der Waals surface area contributed by atoms with Crippen LogP contribution in [0.1, 0.15) is 37.7 Å². The Labute approximate surface area is 117 Å². The quantitative estimate of drug-likeness (QED) is 0.890. The normalized spacial score (nSPS) is 17.8. The van der Waals surface area contributed by atoms with Gasteiger partial charge in [-0.05, 0) is 24.5 Å². The summed E-state index contributed by atoms with van der Waals surface area (Å²) in [6, 6.07) is 3.23. The topological polar surface area (TPSA) is 55.1 Å². The molecule has 1 aromatic rings. The maximum Gasteiger partial charge on any atom is 0.224 e. The summed E-state index contributed by atoms with van der Waals surface area (Å²) >= 11 is 0. The summed E-state index contributed by atoms with van der Waals surface area (Å²) < 4.78 is 26.2. The smallest absolute Gasteiger partial charge is 0.224 e. The second kappa shape index (κ2) is 6.31. The molecule has 0 unspecified atom stereocenters. The average molecular weight is 282 g/mol. The molecule has 1 aliphatic rings. The van der Waals surface area contributed by atoms with Crippen LogP contribution in [0.25, 0.3) is 0 Å². The molecule has 0 radical (unpaired) electrons. The summed E-state index contributed by atoms with van der Waals surface area (Å²) in [6.45, 7) is 0.411. The van der Waals surface area contributed by atoms with Crippen LogP contribution >= 0.6 is 0 Å². The first-order valence-electron chi connectivity index (χ1n) is 6.98. The van der Waals surface area contributed by atoms with Gasteiger partial charge < -0.3 is 11.1 Å². The van der Waals surface area contributed by atoms with Crippen LogP contribution in [0.5, 0.6) is 0 Å². The first-order chi connectivity index (χ1) is 9.48. The molecule has 1 amide bonds. The third kappa shape index (κ3) is 4.00. The zero-order valence-electron chi connectivity index (χ0n) is 11.4. The van der Waals surface area contributed by atoms with Gasteiger partial charge in [0.15, 0.2) is 0 Å². The van der Waals surface area contributed by atoms with Crippen LogP contribution < -0.4 is 11.1 Å². The zero-order chi connectivity index (χ0) is 14.6. The number of carbonyl (C=O) groups is 1. The highest BCUT2D eigenvalue weighted by molar-refractivity contribution is 5.78. The Kier molecular flexibility index (Phi) is 4.70. The van der Waals surface area contributed by atoms with E-state index >= 15 is 0 Å². The number of hydrogen-bond donors (Lipinski definition) is 2. The highest BCUT2D eigenvalue weighted by Gasteiger charge is 2.27. The molecule has 110 valence electrons. The van der Waals surface area contributed by atoms with Crippen LogP contribution in [0, 0.1) is 11.6 Å². The monoisotopic (exact) mass is 282 g/mol. The lowest BCUT2D eigenvalue weighted by atomic mass is 9.82. The molecular weight excluding hydrogens is 262 g/mol. The van der Waals surface area contributed by atoms with Gasteiger partial charge in [0, 0.05) is 18.2 Å². The van der Waals surface area contributed by atoms with Crippen molar-refractivity contribution >= 4 is 5.91 Å². The van der Waals surface area contributed by atoms with Gasteiger partial charge in [-0.25, -0.2) is 8.78 Å². The minimum absolute atomic E-state index is 0.0950. The molecule has 20 heavy (non-hydrogen) atoms. The second-order valence-electron chi connectivity index (χ2n) is 5.61. The average Bonchev–Trinajstić information content (AvgIpc) is 2.41. The highest BCUT2D eigenvalue weighted by atomic mass is 19.1. The Morgan fingerprint density at radius 1 is 1.25 bits per heavy atom. The van der Waals surface area contributed by atoms with Gasteiger partial charge in [0.2, 0.25) is 5.91 Å². The molecule has 0 aliphatic heterocycles. The molecular formula is C15H20F2N2O. The molecule has 1 fully saturated rings. The van der Waals surface area contributed by atoms with E-state index in [4.69, 9.17) is 5.73 Å². The number of nitrogens with one attached hydrogen (secondary N) is 1.